The normalized spacial score (nSPS) is 13.0. The van der Waals surface area contributed by atoms with Crippen molar-refractivity contribution in [2.24, 2.45) is 0 Å². The van der Waals surface area contributed by atoms with Gasteiger partial charge >= 0.3 is 6.18 Å². The van der Waals surface area contributed by atoms with E-state index in [-0.39, 0.29) is 10.6 Å². The molecule has 0 spiro atoms. The van der Waals surface area contributed by atoms with E-state index in [9.17, 15) is 13.2 Å². The van der Waals surface area contributed by atoms with Crippen LogP contribution in [0.25, 0.3) is 16.9 Å². The van der Waals surface area contributed by atoms with Gasteiger partial charge in [-0.3, -0.25) is 0 Å². The third-order valence-corrected chi connectivity index (χ3v) is 5.86. The molecule has 0 aliphatic carbocycles. The van der Waals surface area contributed by atoms with Gasteiger partial charge in [0.1, 0.15) is 18.2 Å². The van der Waals surface area contributed by atoms with Gasteiger partial charge < -0.3 is 10.1 Å². The second-order valence-electron chi connectivity index (χ2n) is 7.72. The lowest BCUT2D eigenvalue weighted by molar-refractivity contribution is -0.137. The van der Waals surface area contributed by atoms with Gasteiger partial charge in [-0.1, -0.05) is 41.9 Å². The molecule has 5 rings (SSSR count). The van der Waals surface area contributed by atoms with Crippen LogP contribution in [0.5, 0.6) is 5.75 Å². The van der Waals surface area contributed by atoms with E-state index in [1.807, 2.05) is 54.6 Å². The lowest BCUT2D eigenvalue weighted by Gasteiger charge is -2.10. The third-order valence-electron chi connectivity index (χ3n) is 5.53. The molecule has 4 nitrogen and oxygen atoms in total. The molecule has 168 valence electrons. The molecule has 0 saturated carbocycles. The van der Waals surface area contributed by atoms with Crippen molar-refractivity contribution in [2.45, 2.75) is 19.2 Å². The molecule has 33 heavy (non-hydrogen) atoms. The minimum atomic E-state index is -4.46. The van der Waals surface area contributed by atoms with Crippen LogP contribution in [0.15, 0.2) is 72.8 Å². The van der Waals surface area contributed by atoms with Crippen molar-refractivity contribution >= 4 is 17.4 Å². The molecule has 8 heteroatoms. The van der Waals surface area contributed by atoms with Gasteiger partial charge in [0.25, 0.3) is 0 Å². The van der Waals surface area contributed by atoms with Gasteiger partial charge in [-0.2, -0.15) is 18.3 Å². The van der Waals surface area contributed by atoms with Crippen molar-refractivity contribution in [1.82, 2.24) is 9.78 Å². The van der Waals surface area contributed by atoms with E-state index in [0.29, 0.717) is 31.0 Å². The summed E-state index contributed by atoms with van der Waals surface area (Å²) in [7, 11) is 0. The van der Waals surface area contributed by atoms with Gasteiger partial charge in [-0.05, 0) is 54.4 Å². The van der Waals surface area contributed by atoms with Gasteiger partial charge in [-0.25, -0.2) is 4.68 Å². The Labute approximate surface area is 193 Å². The molecular formula is C25H19ClF3N3O. The monoisotopic (exact) mass is 469 g/mol. The molecule has 0 unspecified atom stereocenters. The quantitative estimate of drug-likeness (QED) is 0.351. The van der Waals surface area contributed by atoms with Crippen molar-refractivity contribution < 1.29 is 17.9 Å². The number of hydrogen-bond donors (Lipinski definition) is 1. The first kappa shape index (κ1) is 21.4. The number of rotatable bonds is 5. The maximum absolute atomic E-state index is 13.3. The summed E-state index contributed by atoms with van der Waals surface area (Å²) in [5.41, 5.74) is 2.65. The zero-order chi connectivity index (χ0) is 23.0. The lowest BCUT2D eigenvalue weighted by Crippen LogP contribution is -2.06. The molecule has 1 aromatic heterocycles. The molecule has 0 atom stereocenters. The fourth-order valence-corrected chi connectivity index (χ4v) is 4.09. The Morgan fingerprint density at radius 1 is 1.00 bits per heavy atom. The van der Waals surface area contributed by atoms with E-state index >= 15 is 0 Å². The maximum Gasteiger partial charge on any atom is 0.416 e. The summed E-state index contributed by atoms with van der Waals surface area (Å²) in [5, 5.41) is 8.16. The Balaban J connectivity index is 1.46. The topological polar surface area (TPSA) is 39.1 Å². The van der Waals surface area contributed by atoms with Crippen LogP contribution in [-0.4, -0.2) is 16.3 Å². The van der Waals surface area contributed by atoms with E-state index < -0.39 is 11.7 Å². The Bertz CT molecular complexity index is 1280. The molecule has 4 aromatic rings. The fourth-order valence-electron chi connectivity index (χ4n) is 3.89. The van der Waals surface area contributed by atoms with E-state index in [1.54, 1.807) is 4.68 Å². The second kappa shape index (κ2) is 8.48. The first-order valence-electron chi connectivity index (χ1n) is 10.4. The molecule has 2 heterocycles. The highest BCUT2D eigenvalue weighted by Gasteiger charge is 2.32. The van der Waals surface area contributed by atoms with Crippen molar-refractivity contribution in [2.75, 3.05) is 11.9 Å². The highest BCUT2D eigenvalue weighted by molar-refractivity contribution is 6.33. The Hall–Kier alpha value is -3.45. The molecule has 0 bridgehead atoms. The lowest BCUT2D eigenvalue weighted by atomic mass is 10.0. The number of nitrogens with one attached hydrogen (secondary N) is 1. The molecule has 1 N–H and O–H groups in total. The summed E-state index contributed by atoms with van der Waals surface area (Å²) < 4.78 is 47.4. The van der Waals surface area contributed by atoms with Crippen molar-refractivity contribution in [3.05, 3.63) is 94.5 Å². The number of benzene rings is 3. The minimum Gasteiger partial charge on any atom is -0.489 e. The molecule has 1 aliphatic rings. The number of anilines is 1. The molecular weight excluding hydrogens is 451 g/mol. The first-order valence-corrected chi connectivity index (χ1v) is 10.8. The SMILES string of the molecule is FC(F)(F)c1ccc(Cl)c(-c2nn(-c3ccc(OCc4ccccc4)cc3)c3c2CCN3)c1. The van der Waals surface area contributed by atoms with E-state index in [4.69, 9.17) is 16.3 Å². The number of halogens is 4. The maximum atomic E-state index is 13.3. The van der Waals surface area contributed by atoms with E-state index in [1.165, 1.54) is 6.07 Å². The Morgan fingerprint density at radius 2 is 1.76 bits per heavy atom. The number of nitrogens with zero attached hydrogens (tertiary/aromatic N) is 2. The standard InChI is InChI=1S/C25H19ClF3N3O/c26-22-11-6-17(25(27,28)29)14-21(22)23-20-12-13-30-24(20)32(31-23)18-7-9-19(10-8-18)33-15-16-4-2-1-3-5-16/h1-11,14,30H,12-13,15H2. The van der Waals surface area contributed by atoms with E-state index in [2.05, 4.69) is 10.4 Å². The number of fused-ring (bicyclic) bond motifs is 1. The fraction of sp³-hybridized carbons (Fsp3) is 0.160. The van der Waals surface area contributed by atoms with Gasteiger partial charge in [0.05, 0.1) is 22.0 Å². The van der Waals surface area contributed by atoms with Gasteiger partial charge in [0, 0.05) is 17.7 Å². The van der Waals surface area contributed by atoms with Gasteiger partial charge in [-0.15, -0.1) is 0 Å². The second-order valence-corrected chi connectivity index (χ2v) is 8.13. The molecule has 0 fully saturated rings. The minimum absolute atomic E-state index is 0.229. The van der Waals surface area contributed by atoms with Crippen LogP contribution in [0.4, 0.5) is 19.0 Å². The smallest absolute Gasteiger partial charge is 0.416 e. The van der Waals surface area contributed by atoms with Crippen LogP contribution in [0, 0.1) is 0 Å². The van der Waals surface area contributed by atoms with E-state index in [0.717, 1.165) is 34.8 Å². The highest BCUT2D eigenvalue weighted by Crippen LogP contribution is 2.40. The van der Waals surface area contributed by atoms with Crippen LogP contribution in [0.1, 0.15) is 16.7 Å². The molecule has 0 radical (unpaired) electrons. The molecule has 0 amide bonds. The van der Waals surface area contributed by atoms with Gasteiger partial charge in [0.2, 0.25) is 0 Å². The number of aromatic nitrogens is 2. The molecule has 3 aromatic carbocycles. The third kappa shape index (κ3) is 4.28. The van der Waals surface area contributed by atoms with Crippen LogP contribution >= 0.6 is 11.6 Å². The number of alkyl halides is 3. The Kier molecular flexibility index (Phi) is 5.50. The Morgan fingerprint density at radius 3 is 2.48 bits per heavy atom. The van der Waals surface area contributed by atoms with Crippen LogP contribution < -0.4 is 10.1 Å². The summed E-state index contributed by atoms with van der Waals surface area (Å²) >= 11 is 6.29. The first-order chi connectivity index (χ1) is 15.9. The summed E-state index contributed by atoms with van der Waals surface area (Å²) in [6.45, 7) is 1.13. The molecule has 0 saturated heterocycles. The van der Waals surface area contributed by atoms with Gasteiger partial charge in [0.15, 0.2) is 0 Å². The summed E-state index contributed by atoms with van der Waals surface area (Å²) in [5.74, 6) is 1.47. The largest absolute Gasteiger partial charge is 0.489 e. The zero-order valence-electron chi connectivity index (χ0n) is 17.4. The van der Waals surface area contributed by atoms with Crippen molar-refractivity contribution in [1.29, 1.82) is 0 Å². The average molecular weight is 470 g/mol. The number of ether oxygens (including phenoxy) is 1. The van der Waals surface area contributed by atoms with Crippen molar-refractivity contribution in [3.63, 3.8) is 0 Å². The summed E-state index contributed by atoms with van der Waals surface area (Å²) in [4.78, 5) is 0. The molecule has 1 aliphatic heterocycles. The average Bonchev–Trinajstić information content (AvgIpc) is 3.42. The van der Waals surface area contributed by atoms with Crippen LogP contribution in [-0.2, 0) is 19.2 Å². The van der Waals surface area contributed by atoms with Crippen LogP contribution in [0.2, 0.25) is 5.02 Å². The summed E-state index contributed by atoms with van der Waals surface area (Å²) in [6, 6.07) is 20.6. The summed E-state index contributed by atoms with van der Waals surface area (Å²) in [6.07, 6.45) is -3.81. The van der Waals surface area contributed by atoms with Crippen LogP contribution in [0.3, 0.4) is 0 Å². The highest BCUT2D eigenvalue weighted by atomic mass is 35.5. The van der Waals surface area contributed by atoms with Crippen molar-refractivity contribution in [3.8, 4) is 22.7 Å². The predicted molar refractivity (Wildman–Crippen MR) is 122 cm³/mol. The predicted octanol–water partition coefficient (Wildman–Crippen LogP) is 6.76. The zero-order valence-corrected chi connectivity index (χ0v) is 18.1. The number of hydrogen-bond acceptors (Lipinski definition) is 3.